The van der Waals surface area contributed by atoms with Crippen LogP contribution < -0.4 is 11.1 Å². The number of hydrogen-bond acceptors (Lipinski definition) is 4. The molecule has 0 amide bonds. The van der Waals surface area contributed by atoms with Crippen molar-refractivity contribution in [1.29, 1.82) is 0 Å². The van der Waals surface area contributed by atoms with Crippen LogP contribution >= 0.6 is 0 Å². The predicted molar refractivity (Wildman–Crippen MR) is 62.8 cm³/mol. The first-order valence-corrected chi connectivity index (χ1v) is 4.93. The number of benzene rings is 1. The zero-order valence-corrected chi connectivity index (χ0v) is 9.36. The van der Waals surface area contributed by atoms with Crippen LogP contribution in [0.15, 0.2) is 18.2 Å². The molecule has 1 aromatic rings. The van der Waals surface area contributed by atoms with Crippen molar-refractivity contribution in [2.75, 3.05) is 24.8 Å². The SMILES string of the molecule is COCC(C)Nc1c(N)cccc1C(=O)O. The third-order valence-corrected chi connectivity index (χ3v) is 2.13. The van der Waals surface area contributed by atoms with E-state index in [1.54, 1.807) is 19.2 Å². The van der Waals surface area contributed by atoms with Crippen molar-refractivity contribution in [2.24, 2.45) is 0 Å². The number of carboxylic acids is 1. The summed E-state index contributed by atoms with van der Waals surface area (Å²) < 4.78 is 4.97. The minimum Gasteiger partial charge on any atom is -0.478 e. The highest BCUT2D eigenvalue weighted by Crippen LogP contribution is 2.24. The Labute approximate surface area is 94.2 Å². The first kappa shape index (κ1) is 12.3. The van der Waals surface area contributed by atoms with E-state index < -0.39 is 5.97 Å². The number of carbonyl (C=O) groups is 1. The predicted octanol–water partition coefficient (Wildman–Crippen LogP) is 1.41. The molecule has 0 aliphatic carbocycles. The van der Waals surface area contributed by atoms with Gasteiger partial charge in [0.15, 0.2) is 0 Å². The smallest absolute Gasteiger partial charge is 0.337 e. The van der Waals surface area contributed by atoms with E-state index in [1.807, 2.05) is 6.92 Å². The van der Waals surface area contributed by atoms with E-state index in [9.17, 15) is 4.79 Å². The molecule has 1 atom stereocenters. The Bertz CT molecular complexity index is 379. The van der Waals surface area contributed by atoms with Gasteiger partial charge in [0.25, 0.3) is 0 Å². The Morgan fingerprint density at radius 3 is 2.88 bits per heavy atom. The average Bonchev–Trinajstić information content (AvgIpc) is 2.21. The number of ether oxygens (including phenoxy) is 1. The van der Waals surface area contributed by atoms with E-state index in [-0.39, 0.29) is 11.6 Å². The highest BCUT2D eigenvalue weighted by molar-refractivity contribution is 5.97. The van der Waals surface area contributed by atoms with Crippen molar-refractivity contribution in [3.8, 4) is 0 Å². The number of nitrogens with one attached hydrogen (secondary N) is 1. The molecule has 0 aliphatic rings. The molecular formula is C11H16N2O3. The molecule has 4 N–H and O–H groups in total. The van der Waals surface area contributed by atoms with Crippen molar-refractivity contribution in [1.82, 2.24) is 0 Å². The lowest BCUT2D eigenvalue weighted by Crippen LogP contribution is -2.23. The normalized spacial score (nSPS) is 12.1. The summed E-state index contributed by atoms with van der Waals surface area (Å²) in [6.07, 6.45) is 0. The molecular weight excluding hydrogens is 208 g/mol. The molecule has 0 fully saturated rings. The average molecular weight is 224 g/mol. The van der Waals surface area contributed by atoms with Crippen molar-refractivity contribution in [3.63, 3.8) is 0 Å². The topological polar surface area (TPSA) is 84.6 Å². The summed E-state index contributed by atoms with van der Waals surface area (Å²) in [7, 11) is 1.59. The fraction of sp³-hybridized carbons (Fsp3) is 0.364. The molecule has 0 aromatic heterocycles. The summed E-state index contributed by atoms with van der Waals surface area (Å²) in [6, 6.07) is 4.78. The molecule has 1 rings (SSSR count). The minimum atomic E-state index is -1.00. The summed E-state index contributed by atoms with van der Waals surface area (Å²) in [5, 5.41) is 12.0. The largest absolute Gasteiger partial charge is 0.478 e. The first-order chi connectivity index (χ1) is 7.56. The summed E-state index contributed by atoms with van der Waals surface area (Å²) in [5.41, 5.74) is 6.77. The number of nitrogens with two attached hydrogens (primary N) is 1. The van der Waals surface area contributed by atoms with Crippen LogP contribution in [0.2, 0.25) is 0 Å². The maximum Gasteiger partial charge on any atom is 0.337 e. The zero-order valence-electron chi connectivity index (χ0n) is 9.36. The molecule has 88 valence electrons. The van der Waals surface area contributed by atoms with Crippen LogP contribution in [0.25, 0.3) is 0 Å². The Morgan fingerprint density at radius 2 is 2.31 bits per heavy atom. The van der Waals surface area contributed by atoms with Gasteiger partial charge in [0.1, 0.15) is 0 Å². The second kappa shape index (κ2) is 5.37. The van der Waals surface area contributed by atoms with Gasteiger partial charge in [0.2, 0.25) is 0 Å². The van der Waals surface area contributed by atoms with E-state index >= 15 is 0 Å². The molecule has 5 nitrogen and oxygen atoms in total. The molecule has 1 aromatic carbocycles. The van der Waals surface area contributed by atoms with Crippen molar-refractivity contribution >= 4 is 17.3 Å². The monoisotopic (exact) mass is 224 g/mol. The Balaban J connectivity index is 2.97. The molecule has 0 bridgehead atoms. The molecule has 1 unspecified atom stereocenters. The van der Waals surface area contributed by atoms with Gasteiger partial charge in [0, 0.05) is 13.2 Å². The van der Waals surface area contributed by atoms with Gasteiger partial charge in [-0.2, -0.15) is 0 Å². The molecule has 5 heteroatoms. The van der Waals surface area contributed by atoms with Crippen LogP contribution in [0.1, 0.15) is 17.3 Å². The fourth-order valence-electron chi connectivity index (χ4n) is 1.45. The molecule has 16 heavy (non-hydrogen) atoms. The van der Waals surface area contributed by atoms with E-state index in [1.165, 1.54) is 6.07 Å². The van der Waals surface area contributed by atoms with Gasteiger partial charge in [-0.3, -0.25) is 0 Å². The van der Waals surface area contributed by atoms with Crippen molar-refractivity contribution in [3.05, 3.63) is 23.8 Å². The number of anilines is 2. The number of nitrogen functional groups attached to an aromatic ring is 1. The van der Waals surface area contributed by atoms with Gasteiger partial charge in [0.05, 0.1) is 23.5 Å². The van der Waals surface area contributed by atoms with Crippen LogP contribution in [-0.4, -0.2) is 30.8 Å². The third-order valence-electron chi connectivity index (χ3n) is 2.13. The molecule has 0 radical (unpaired) electrons. The van der Waals surface area contributed by atoms with Crippen LogP contribution in [-0.2, 0) is 4.74 Å². The highest BCUT2D eigenvalue weighted by atomic mass is 16.5. The lowest BCUT2D eigenvalue weighted by Gasteiger charge is -2.17. The van der Waals surface area contributed by atoms with Gasteiger partial charge in [-0.25, -0.2) is 4.79 Å². The van der Waals surface area contributed by atoms with Crippen LogP contribution in [0.4, 0.5) is 11.4 Å². The van der Waals surface area contributed by atoms with Gasteiger partial charge in [-0.15, -0.1) is 0 Å². The van der Waals surface area contributed by atoms with E-state index in [4.69, 9.17) is 15.6 Å². The zero-order chi connectivity index (χ0) is 12.1. The number of para-hydroxylation sites is 1. The lowest BCUT2D eigenvalue weighted by molar-refractivity contribution is 0.0698. The Morgan fingerprint density at radius 1 is 1.62 bits per heavy atom. The standard InChI is InChI=1S/C11H16N2O3/c1-7(6-16-2)13-10-8(11(14)15)4-3-5-9(10)12/h3-5,7,13H,6,12H2,1-2H3,(H,14,15). The van der Waals surface area contributed by atoms with Crippen molar-refractivity contribution in [2.45, 2.75) is 13.0 Å². The number of methoxy groups -OCH3 is 1. The molecule has 0 saturated heterocycles. The van der Waals surface area contributed by atoms with E-state index in [2.05, 4.69) is 5.32 Å². The van der Waals surface area contributed by atoms with E-state index in [0.29, 0.717) is 18.0 Å². The second-order valence-electron chi connectivity index (χ2n) is 3.58. The lowest BCUT2D eigenvalue weighted by atomic mass is 10.1. The van der Waals surface area contributed by atoms with E-state index in [0.717, 1.165) is 0 Å². The van der Waals surface area contributed by atoms with Gasteiger partial charge in [-0.05, 0) is 19.1 Å². The first-order valence-electron chi connectivity index (χ1n) is 4.93. The molecule has 0 aliphatic heterocycles. The Hall–Kier alpha value is -1.75. The van der Waals surface area contributed by atoms with Gasteiger partial charge >= 0.3 is 5.97 Å². The van der Waals surface area contributed by atoms with Gasteiger partial charge in [-0.1, -0.05) is 6.07 Å². The summed E-state index contributed by atoms with van der Waals surface area (Å²) in [6.45, 7) is 2.37. The highest BCUT2D eigenvalue weighted by Gasteiger charge is 2.14. The van der Waals surface area contributed by atoms with Gasteiger partial charge < -0.3 is 20.9 Å². The minimum absolute atomic E-state index is 0.00667. The third kappa shape index (κ3) is 2.87. The van der Waals surface area contributed by atoms with Crippen LogP contribution in [0.5, 0.6) is 0 Å². The molecule has 0 spiro atoms. The van der Waals surface area contributed by atoms with Crippen molar-refractivity contribution < 1.29 is 14.6 Å². The maximum absolute atomic E-state index is 11.0. The van der Waals surface area contributed by atoms with Crippen LogP contribution in [0.3, 0.4) is 0 Å². The fourth-order valence-corrected chi connectivity index (χ4v) is 1.45. The molecule has 0 heterocycles. The summed E-state index contributed by atoms with van der Waals surface area (Å²) in [5.74, 6) is -1.00. The number of rotatable bonds is 5. The Kier molecular flexibility index (Phi) is 4.13. The summed E-state index contributed by atoms with van der Waals surface area (Å²) in [4.78, 5) is 11.0. The maximum atomic E-state index is 11.0. The quantitative estimate of drug-likeness (QED) is 0.658. The summed E-state index contributed by atoms with van der Waals surface area (Å²) >= 11 is 0. The second-order valence-corrected chi connectivity index (χ2v) is 3.58. The number of carboxylic acid groups (broad SMARTS) is 1. The van der Waals surface area contributed by atoms with Crippen LogP contribution in [0, 0.1) is 0 Å². The number of hydrogen-bond donors (Lipinski definition) is 3. The number of aromatic carboxylic acids is 1. The molecule has 0 saturated carbocycles.